The quantitative estimate of drug-likeness (QED) is 0.782. The number of nitrogens with zero attached hydrogens (tertiary/aromatic N) is 4. The van der Waals surface area contributed by atoms with E-state index < -0.39 is 0 Å². The van der Waals surface area contributed by atoms with Gasteiger partial charge in [0.05, 0.1) is 18.7 Å². The van der Waals surface area contributed by atoms with E-state index in [1.165, 1.54) is 5.69 Å². The zero-order chi connectivity index (χ0) is 19.0. The Morgan fingerprint density at radius 2 is 1.89 bits per heavy atom. The van der Waals surface area contributed by atoms with Crippen molar-refractivity contribution in [2.75, 3.05) is 57.4 Å². The van der Waals surface area contributed by atoms with E-state index in [2.05, 4.69) is 26.9 Å². The molecule has 4 aliphatic heterocycles. The summed E-state index contributed by atoms with van der Waals surface area (Å²) in [6, 6.07) is 4.13. The first kappa shape index (κ1) is 18.3. The highest BCUT2D eigenvalue weighted by Crippen LogP contribution is 2.38. The minimum absolute atomic E-state index is 0.0754. The van der Waals surface area contributed by atoms with Gasteiger partial charge in [0.15, 0.2) is 0 Å². The van der Waals surface area contributed by atoms with Crippen molar-refractivity contribution >= 4 is 11.6 Å². The fraction of sp³-hybridized carbons (Fsp3) is 0.714. The van der Waals surface area contributed by atoms with Crippen LogP contribution in [0.15, 0.2) is 24.5 Å². The monoisotopic (exact) mass is 386 g/mol. The third-order valence-corrected chi connectivity index (χ3v) is 6.85. The van der Waals surface area contributed by atoms with E-state index in [9.17, 15) is 4.79 Å². The molecule has 0 radical (unpaired) electrons. The van der Waals surface area contributed by atoms with Gasteiger partial charge in [-0.25, -0.2) is 0 Å². The van der Waals surface area contributed by atoms with Gasteiger partial charge >= 0.3 is 0 Å². The lowest BCUT2D eigenvalue weighted by Crippen LogP contribution is -2.55. The summed E-state index contributed by atoms with van der Waals surface area (Å²) in [6.07, 6.45) is 7.76. The topological polar surface area (TPSA) is 58.1 Å². The Hall–Kier alpha value is -1.70. The summed E-state index contributed by atoms with van der Waals surface area (Å²) in [5.74, 6) is 0.879. The molecule has 1 unspecified atom stereocenters. The summed E-state index contributed by atoms with van der Waals surface area (Å²) in [4.78, 5) is 23.6. The Morgan fingerprint density at radius 1 is 1.14 bits per heavy atom. The molecule has 0 saturated carbocycles. The van der Waals surface area contributed by atoms with Crippen LogP contribution in [0.25, 0.3) is 0 Å². The van der Waals surface area contributed by atoms with Gasteiger partial charge in [0, 0.05) is 57.5 Å². The molecule has 4 saturated heterocycles. The lowest BCUT2D eigenvalue weighted by molar-refractivity contribution is -0.149. The molecule has 1 spiro atoms. The van der Waals surface area contributed by atoms with E-state index in [0.29, 0.717) is 12.5 Å². The summed E-state index contributed by atoms with van der Waals surface area (Å²) < 4.78 is 12.0. The van der Waals surface area contributed by atoms with E-state index in [1.807, 2.05) is 17.3 Å². The van der Waals surface area contributed by atoms with Gasteiger partial charge in [-0.15, -0.1) is 0 Å². The Kier molecular flexibility index (Phi) is 4.99. The smallest absolute Gasteiger partial charge is 0.238 e. The van der Waals surface area contributed by atoms with Crippen LogP contribution in [0.3, 0.4) is 0 Å². The molecular weight excluding hydrogens is 356 g/mol. The second-order valence-electron chi connectivity index (χ2n) is 8.72. The van der Waals surface area contributed by atoms with E-state index >= 15 is 0 Å². The van der Waals surface area contributed by atoms with Crippen LogP contribution >= 0.6 is 0 Å². The third kappa shape index (κ3) is 3.63. The number of hydrogen-bond acceptors (Lipinski definition) is 6. The van der Waals surface area contributed by atoms with E-state index in [0.717, 1.165) is 71.6 Å². The van der Waals surface area contributed by atoms with Crippen molar-refractivity contribution in [3.8, 4) is 0 Å². The molecule has 0 N–H and O–H groups in total. The number of ether oxygens (including phenoxy) is 2. The summed E-state index contributed by atoms with van der Waals surface area (Å²) >= 11 is 0. The Labute approximate surface area is 166 Å². The first-order valence-electron chi connectivity index (χ1n) is 10.6. The molecule has 7 heteroatoms. The number of hydrogen-bond donors (Lipinski definition) is 0. The number of anilines is 1. The number of carbonyl (C=O) groups is 1. The standard InChI is InChI=1S/C21H30N4O3/c26-19-14-23(13-17-3-11-27-12-4-17)15-20-25(19)16-21(28-20)5-9-24(10-6-21)18-1-7-22-8-2-18/h1-2,7-8,17,20H,3-6,9-16H2. The minimum atomic E-state index is -0.168. The number of carbonyl (C=O) groups excluding carboxylic acids is 1. The molecule has 152 valence electrons. The molecule has 0 aromatic carbocycles. The van der Waals surface area contributed by atoms with Gasteiger partial charge in [0.2, 0.25) is 5.91 Å². The van der Waals surface area contributed by atoms with Gasteiger partial charge in [-0.1, -0.05) is 0 Å². The molecule has 1 amide bonds. The molecular formula is C21H30N4O3. The Balaban J connectivity index is 1.20. The number of pyridine rings is 1. The Bertz CT molecular complexity index is 686. The molecule has 5 rings (SSSR count). The average Bonchev–Trinajstić information content (AvgIpc) is 3.08. The lowest BCUT2D eigenvalue weighted by atomic mass is 9.91. The molecule has 7 nitrogen and oxygen atoms in total. The number of piperazine rings is 1. The van der Waals surface area contributed by atoms with Crippen LogP contribution in [0.1, 0.15) is 25.7 Å². The highest BCUT2D eigenvalue weighted by Gasteiger charge is 2.50. The normalized spacial score (nSPS) is 28.7. The number of aromatic nitrogens is 1. The minimum Gasteiger partial charge on any atom is -0.381 e. The van der Waals surface area contributed by atoms with Crippen molar-refractivity contribution in [3.63, 3.8) is 0 Å². The van der Waals surface area contributed by atoms with Gasteiger partial charge in [0.25, 0.3) is 0 Å². The second-order valence-corrected chi connectivity index (χ2v) is 8.72. The lowest BCUT2D eigenvalue weighted by Gasteiger charge is -2.39. The molecule has 28 heavy (non-hydrogen) atoms. The van der Waals surface area contributed by atoms with Crippen LogP contribution < -0.4 is 4.90 Å². The van der Waals surface area contributed by atoms with Gasteiger partial charge in [-0.05, 0) is 43.7 Å². The van der Waals surface area contributed by atoms with E-state index in [4.69, 9.17) is 9.47 Å². The van der Waals surface area contributed by atoms with Crippen LogP contribution in [0.2, 0.25) is 0 Å². The molecule has 1 atom stereocenters. The molecule has 0 aliphatic carbocycles. The number of piperidine rings is 1. The molecule has 4 fully saturated rings. The maximum atomic E-state index is 12.8. The molecule has 5 heterocycles. The summed E-state index contributed by atoms with van der Waals surface area (Å²) in [6.45, 7) is 6.77. The van der Waals surface area contributed by atoms with Crippen molar-refractivity contribution in [1.82, 2.24) is 14.8 Å². The SMILES string of the molecule is O=C1CN(CC2CCOCC2)CC2OC3(CCN(c4ccncc4)CC3)CN12. The average molecular weight is 386 g/mol. The maximum absolute atomic E-state index is 12.8. The number of rotatable bonds is 3. The molecule has 4 aliphatic rings. The van der Waals surface area contributed by atoms with Crippen LogP contribution in [0.4, 0.5) is 5.69 Å². The summed E-state index contributed by atoms with van der Waals surface area (Å²) in [5, 5.41) is 0. The largest absolute Gasteiger partial charge is 0.381 e. The highest BCUT2D eigenvalue weighted by atomic mass is 16.5. The fourth-order valence-electron chi connectivity index (χ4n) is 5.19. The second kappa shape index (κ2) is 7.61. The highest BCUT2D eigenvalue weighted by molar-refractivity contribution is 5.79. The van der Waals surface area contributed by atoms with Crippen molar-refractivity contribution in [2.24, 2.45) is 5.92 Å². The molecule has 1 aromatic heterocycles. The van der Waals surface area contributed by atoms with Crippen molar-refractivity contribution in [2.45, 2.75) is 37.5 Å². The van der Waals surface area contributed by atoms with Crippen LogP contribution in [0.5, 0.6) is 0 Å². The van der Waals surface area contributed by atoms with Crippen LogP contribution in [-0.4, -0.2) is 85.0 Å². The molecule has 1 aromatic rings. The van der Waals surface area contributed by atoms with Crippen molar-refractivity contribution in [3.05, 3.63) is 24.5 Å². The zero-order valence-corrected chi connectivity index (χ0v) is 16.5. The third-order valence-electron chi connectivity index (χ3n) is 6.85. The van der Waals surface area contributed by atoms with Gasteiger partial charge in [0.1, 0.15) is 6.23 Å². The summed E-state index contributed by atoms with van der Waals surface area (Å²) in [7, 11) is 0. The van der Waals surface area contributed by atoms with E-state index in [1.54, 1.807) is 0 Å². The van der Waals surface area contributed by atoms with Crippen molar-refractivity contribution in [1.29, 1.82) is 0 Å². The van der Waals surface area contributed by atoms with Crippen LogP contribution in [-0.2, 0) is 14.3 Å². The van der Waals surface area contributed by atoms with Crippen LogP contribution in [0, 0.1) is 5.92 Å². The predicted molar refractivity (Wildman–Crippen MR) is 105 cm³/mol. The van der Waals surface area contributed by atoms with E-state index in [-0.39, 0.29) is 17.7 Å². The Morgan fingerprint density at radius 3 is 2.64 bits per heavy atom. The first-order valence-corrected chi connectivity index (χ1v) is 10.6. The molecule has 0 bridgehead atoms. The predicted octanol–water partition coefficient (Wildman–Crippen LogP) is 1.35. The van der Waals surface area contributed by atoms with Gasteiger partial charge in [-0.3, -0.25) is 14.7 Å². The summed E-state index contributed by atoms with van der Waals surface area (Å²) in [5.41, 5.74) is 1.05. The fourth-order valence-corrected chi connectivity index (χ4v) is 5.19. The first-order chi connectivity index (χ1) is 13.7. The number of amides is 1. The zero-order valence-electron chi connectivity index (χ0n) is 16.5. The van der Waals surface area contributed by atoms with Crippen molar-refractivity contribution < 1.29 is 14.3 Å². The number of fused-ring (bicyclic) bond motifs is 1. The van der Waals surface area contributed by atoms with Gasteiger partial charge < -0.3 is 19.3 Å². The van der Waals surface area contributed by atoms with Gasteiger partial charge in [-0.2, -0.15) is 0 Å². The maximum Gasteiger partial charge on any atom is 0.238 e.